The van der Waals surface area contributed by atoms with Crippen LogP contribution in [0.5, 0.6) is 0 Å². The highest BCUT2D eigenvalue weighted by molar-refractivity contribution is 8.00. The number of carbonyl (C=O) groups is 1. The summed E-state index contributed by atoms with van der Waals surface area (Å²) in [6.07, 6.45) is 1.53. The molecule has 2 aromatic carbocycles. The number of hydrogen-bond acceptors (Lipinski definition) is 5. The van der Waals surface area contributed by atoms with Gasteiger partial charge in [-0.05, 0) is 44.0 Å². The zero-order valence-electron chi connectivity index (χ0n) is 15.2. The van der Waals surface area contributed by atoms with Crippen molar-refractivity contribution in [3.63, 3.8) is 0 Å². The highest BCUT2D eigenvalue weighted by atomic mass is 32.2. The maximum atomic E-state index is 12.8. The summed E-state index contributed by atoms with van der Waals surface area (Å²) in [5.41, 5.74) is 0.386. The van der Waals surface area contributed by atoms with Gasteiger partial charge in [-0.3, -0.25) is 4.79 Å². The molecular weight excluding hydrogens is 382 g/mol. The minimum atomic E-state index is -3.70. The zero-order valence-corrected chi connectivity index (χ0v) is 16.8. The number of ether oxygens (including phenoxy) is 1. The van der Waals surface area contributed by atoms with Gasteiger partial charge in [-0.25, -0.2) is 13.1 Å². The van der Waals surface area contributed by atoms with Gasteiger partial charge in [0.25, 0.3) is 0 Å². The van der Waals surface area contributed by atoms with Crippen LogP contribution in [0, 0.1) is 0 Å². The number of benzene rings is 2. The van der Waals surface area contributed by atoms with E-state index in [1.807, 2.05) is 30.3 Å². The normalized spacial score (nSPS) is 16.8. The summed E-state index contributed by atoms with van der Waals surface area (Å²) in [7, 11) is -3.70. The van der Waals surface area contributed by atoms with E-state index in [-0.39, 0.29) is 15.4 Å². The van der Waals surface area contributed by atoms with Crippen molar-refractivity contribution in [2.24, 2.45) is 0 Å². The Morgan fingerprint density at radius 2 is 1.81 bits per heavy atom. The number of rotatable bonds is 7. The summed E-state index contributed by atoms with van der Waals surface area (Å²) >= 11 is 1.69. The van der Waals surface area contributed by atoms with E-state index in [1.54, 1.807) is 23.9 Å². The molecule has 1 N–H and O–H groups in total. The predicted molar refractivity (Wildman–Crippen MR) is 107 cm³/mol. The van der Waals surface area contributed by atoms with E-state index in [1.165, 1.54) is 19.1 Å². The van der Waals surface area contributed by atoms with E-state index in [4.69, 9.17) is 4.74 Å². The third-order valence-electron chi connectivity index (χ3n) is 4.62. The van der Waals surface area contributed by atoms with Crippen LogP contribution in [0.1, 0.15) is 30.1 Å². The van der Waals surface area contributed by atoms with Crippen LogP contribution in [0.15, 0.2) is 64.4 Å². The summed E-state index contributed by atoms with van der Waals surface area (Å²) in [4.78, 5) is 12.8. The van der Waals surface area contributed by atoms with Gasteiger partial charge in [0.15, 0.2) is 5.78 Å². The molecular formula is C20H23NO4S2. The second-order valence-corrected chi connectivity index (χ2v) is 9.93. The predicted octanol–water partition coefficient (Wildman–Crippen LogP) is 3.51. The summed E-state index contributed by atoms with van der Waals surface area (Å²) in [5, 5.41) is 0. The van der Waals surface area contributed by atoms with Gasteiger partial charge in [-0.1, -0.05) is 30.3 Å². The van der Waals surface area contributed by atoms with Crippen LogP contribution >= 0.6 is 11.8 Å². The van der Waals surface area contributed by atoms with Crippen molar-refractivity contribution in [2.75, 3.05) is 19.8 Å². The Labute approximate surface area is 164 Å². The molecule has 2 aromatic rings. The smallest absolute Gasteiger partial charge is 0.240 e. The first-order valence-electron chi connectivity index (χ1n) is 8.83. The average Bonchev–Trinajstić information content (AvgIpc) is 2.68. The Balaban J connectivity index is 1.78. The van der Waals surface area contributed by atoms with Gasteiger partial charge in [-0.15, -0.1) is 11.8 Å². The highest BCUT2D eigenvalue weighted by Gasteiger charge is 2.35. The van der Waals surface area contributed by atoms with E-state index in [0.29, 0.717) is 25.3 Å². The van der Waals surface area contributed by atoms with Crippen LogP contribution in [0.4, 0.5) is 0 Å². The number of carbonyl (C=O) groups excluding carboxylic acids is 1. The van der Waals surface area contributed by atoms with Gasteiger partial charge in [-0.2, -0.15) is 0 Å². The van der Waals surface area contributed by atoms with Gasteiger partial charge in [0.2, 0.25) is 10.0 Å². The standard InChI is InChI=1S/C20H23NO4S2/c1-16(22)17-6-5-9-19(14-17)27(23,24)21-15-20(10-12-25-13-11-20)26-18-7-3-2-4-8-18/h2-9,14,21H,10-13,15H2,1H3. The number of sulfonamides is 1. The topological polar surface area (TPSA) is 72.5 Å². The van der Waals surface area contributed by atoms with Gasteiger partial charge in [0.05, 0.1) is 4.90 Å². The molecule has 1 aliphatic heterocycles. The third-order valence-corrected chi connectivity index (χ3v) is 7.51. The molecule has 3 rings (SSSR count). The van der Waals surface area contributed by atoms with Crippen LogP contribution in [-0.2, 0) is 14.8 Å². The molecule has 0 aliphatic carbocycles. The maximum Gasteiger partial charge on any atom is 0.240 e. The van der Waals surface area contributed by atoms with Crippen molar-refractivity contribution < 1.29 is 17.9 Å². The second kappa shape index (κ2) is 8.56. The van der Waals surface area contributed by atoms with E-state index in [0.717, 1.165) is 17.7 Å². The zero-order chi connectivity index (χ0) is 19.3. The summed E-state index contributed by atoms with van der Waals surface area (Å²) in [6, 6.07) is 16.1. The molecule has 0 bridgehead atoms. The van der Waals surface area contributed by atoms with Crippen LogP contribution in [0.25, 0.3) is 0 Å². The number of Topliss-reactive ketones (excluding diaryl/α,β-unsaturated/α-hetero) is 1. The number of ketones is 1. The molecule has 1 heterocycles. The van der Waals surface area contributed by atoms with Gasteiger partial charge < -0.3 is 4.74 Å². The largest absolute Gasteiger partial charge is 0.381 e. The highest BCUT2D eigenvalue weighted by Crippen LogP contribution is 2.40. The maximum absolute atomic E-state index is 12.8. The molecule has 7 heteroatoms. The van der Waals surface area contributed by atoms with E-state index in [2.05, 4.69) is 4.72 Å². The molecule has 0 radical (unpaired) electrons. The van der Waals surface area contributed by atoms with Crippen molar-refractivity contribution in [3.8, 4) is 0 Å². The van der Waals surface area contributed by atoms with E-state index in [9.17, 15) is 13.2 Å². The lowest BCUT2D eigenvalue weighted by molar-refractivity contribution is 0.0784. The number of nitrogens with one attached hydrogen (secondary N) is 1. The lowest BCUT2D eigenvalue weighted by Crippen LogP contribution is -2.44. The second-order valence-electron chi connectivity index (χ2n) is 6.62. The molecule has 0 saturated carbocycles. The molecule has 1 fully saturated rings. The van der Waals surface area contributed by atoms with Crippen molar-refractivity contribution in [1.82, 2.24) is 4.72 Å². The quantitative estimate of drug-likeness (QED) is 0.714. The minimum Gasteiger partial charge on any atom is -0.381 e. The molecule has 1 aliphatic rings. The first-order valence-corrected chi connectivity index (χ1v) is 11.1. The Bertz CT molecular complexity index is 891. The van der Waals surface area contributed by atoms with E-state index >= 15 is 0 Å². The van der Waals surface area contributed by atoms with Crippen LogP contribution in [-0.4, -0.2) is 38.7 Å². The molecule has 0 atom stereocenters. The summed E-state index contributed by atoms with van der Waals surface area (Å²) in [6.45, 7) is 2.96. The van der Waals surface area contributed by atoms with Gasteiger partial charge in [0, 0.05) is 35.0 Å². The fourth-order valence-electron chi connectivity index (χ4n) is 2.99. The Morgan fingerprint density at radius 1 is 1.11 bits per heavy atom. The Kier molecular flexibility index (Phi) is 6.37. The number of hydrogen-bond donors (Lipinski definition) is 1. The van der Waals surface area contributed by atoms with E-state index < -0.39 is 10.0 Å². The lowest BCUT2D eigenvalue weighted by atomic mass is 9.99. The number of thioether (sulfide) groups is 1. The molecule has 5 nitrogen and oxygen atoms in total. The Morgan fingerprint density at radius 3 is 2.48 bits per heavy atom. The molecule has 0 aromatic heterocycles. The van der Waals surface area contributed by atoms with Crippen molar-refractivity contribution in [3.05, 3.63) is 60.2 Å². The first kappa shape index (κ1) is 20.1. The molecule has 0 spiro atoms. The van der Waals surface area contributed by atoms with Gasteiger partial charge in [0.1, 0.15) is 0 Å². The summed E-state index contributed by atoms with van der Waals surface area (Å²) < 4.78 is 33.6. The van der Waals surface area contributed by atoms with Crippen molar-refractivity contribution in [1.29, 1.82) is 0 Å². The van der Waals surface area contributed by atoms with Crippen LogP contribution in [0.3, 0.4) is 0 Å². The Hall–Kier alpha value is -1.67. The molecule has 1 saturated heterocycles. The molecule has 27 heavy (non-hydrogen) atoms. The molecule has 0 amide bonds. The lowest BCUT2D eigenvalue weighted by Gasteiger charge is -2.36. The first-order chi connectivity index (χ1) is 12.9. The summed E-state index contributed by atoms with van der Waals surface area (Å²) in [5.74, 6) is -0.160. The fraction of sp³-hybridized carbons (Fsp3) is 0.350. The van der Waals surface area contributed by atoms with Crippen molar-refractivity contribution in [2.45, 2.75) is 34.3 Å². The van der Waals surface area contributed by atoms with Crippen LogP contribution < -0.4 is 4.72 Å². The monoisotopic (exact) mass is 405 g/mol. The fourth-order valence-corrected chi connectivity index (χ4v) is 5.56. The molecule has 0 unspecified atom stereocenters. The minimum absolute atomic E-state index is 0.113. The molecule has 144 valence electrons. The van der Waals surface area contributed by atoms with Gasteiger partial charge >= 0.3 is 0 Å². The SMILES string of the molecule is CC(=O)c1cccc(S(=O)(=O)NCC2(Sc3ccccc3)CCOCC2)c1. The van der Waals surface area contributed by atoms with Crippen molar-refractivity contribution >= 4 is 27.6 Å². The van der Waals surface area contributed by atoms with Crippen LogP contribution in [0.2, 0.25) is 0 Å². The average molecular weight is 406 g/mol. The third kappa shape index (κ3) is 5.19.